The summed E-state index contributed by atoms with van der Waals surface area (Å²) in [5, 5.41) is 3.30. The number of pyridine rings is 1. The molecule has 0 aliphatic rings. The minimum Gasteiger partial charge on any atom is -0.271 e. The van der Waals surface area contributed by atoms with Crippen LogP contribution >= 0.6 is 0 Å². The molecule has 8 heteroatoms. The third-order valence-corrected chi connectivity index (χ3v) is 3.47. The van der Waals surface area contributed by atoms with Crippen LogP contribution in [-0.2, 0) is 16.6 Å². The Hall–Kier alpha value is -1.96. The maximum atomic E-state index is 13.4. The number of rotatable bonds is 4. The number of anilines is 1. The van der Waals surface area contributed by atoms with Gasteiger partial charge in [-0.25, -0.2) is 9.37 Å². The van der Waals surface area contributed by atoms with Gasteiger partial charge in [0, 0.05) is 25.0 Å². The molecule has 0 fully saturated rings. The molecule has 0 bridgehead atoms. The molecule has 0 amide bonds. The van der Waals surface area contributed by atoms with Gasteiger partial charge in [-0.05, 0) is 19.1 Å². The Morgan fingerprint density at radius 3 is 2.83 bits per heavy atom. The molecule has 1 N–H and O–H groups in total. The van der Waals surface area contributed by atoms with Crippen molar-refractivity contribution in [3.63, 3.8) is 0 Å². The van der Waals surface area contributed by atoms with E-state index >= 15 is 0 Å². The van der Waals surface area contributed by atoms with E-state index in [1.54, 1.807) is 10.9 Å². The van der Waals surface area contributed by atoms with Crippen molar-refractivity contribution in [2.24, 2.45) is 0 Å². The van der Waals surface area contributed by atoms with Crippen LogP contribution in [0.2, 0.25) is 0 Å². The number of hydrogen-bond donors (Lipinski definition) is 1. The summed E-state index contributed by atoms with van der Waals surface area (Å²) in [4.78, 5) is 3.51. The molecule has 0 aromatic carbocycles. The smallest absolute Gasteiger partial charge is 0.271 e. The average molecular weight is 270 g/mol. The number of nitrogens with zero attached hydrogens (tertiary/aromatic N) is 3. The highest BCUT2D eigenvalue weighted by Gasteiger charge is 2.21. The van der Waals surface area contributed by atoms with E-state index in [9.17, 15) is 12.8 Å². The summed E-state index contributed by atoms with van der Waals surface area (Å²) in [6.45, 7) is 2.48. The fraction of sp³-hybridized carbons (Fsp3) is 0.200. The highest BCUT2D eigenvalue weighted by atomic mass is 32.2. The largest absolute Gasteiger partial charge is 0.283 e. The molecule has 2 aromatic rings. The number of halogens is 1. The molecule has 6 nitrogen and oxygen atoms in total. The summed E-state index contributed by atoms with van der Waals surface area (Å²) in [5.74, 6) is -0.776. The maximum absolute atomic E-state index is 13.4. The molecule has 2 rings (SSSR count). The molecule has 2 heterocycles. The van der Waals surface area contributed by atoms with Crippen LogP contribution < -0.4 is 4.72 Å². The second kappa shape index (κ2) is 4.73. The van der Waals surface area contributed by atoms with Gasteiger partial charge in [-0.15, -0.1) is 0 Å². The van der Waals surface area contributed by atoms with Gasteiger partial charge in [0.15, 0.2) is 11.6 Å². The van der Waals surface area contributed by atoms with Crippen molar-refractivity contribution in [3.05, 3.63) is 36.4 Å². The first-order valence-corrected chi connectivity index (χ1v) is 6.68. The summed E-state index contributed by atoms with van der Waals surface area (Å²) < 4.78 is 40.8. The van der Waals surface area contributed by atoms with E-state index in [1.165, 1.54) is 18.3 Å². The maximum Gasteiger partial charge on any atom is 0.283 e. The highest BCUT2D eigenvalue weighted by Crippen LogP contribution is 2.14. The van der Waals surface area contributed by atoms with E-state index in [0.29, 0.717) is 6.54 Å². The second-order valence-electron chi connectivity index (χ2n) is 3.45. The van der Waals surface area contributed by atoms with Gasteiger partial charge in [0.1, 0.15) is 0 Å². The fourth-order valence-electron chi connectivity index (χ4n) is 1.35. The van der Waals surface area contributed by atoms with Gasteiger partial charge in [-0.3, -0.25) is 9.40 Å². The normalized spacial score (nSPS) is 11.4. The lowest BCUT2D eigenvalue weighted by Gasteiger charge is -2.04. The van der Waals surface area contributed by atoms with Gasteiger partial charge in [0.05, 0.1) is 0 Å². The first kappa shape index (κ1) is 12.5. The van der Waals surface area contributed by atoms with Crippen LogP contribution in [0, 0.1) is 5.82 Å². The van der Waals surface area contributed by atoms with Gasteiger partial charge in [0.25, 0.3) is 10.0 Å². The minimum atomic E-state index is -4.05. The molecule has 18 heavy (non-hydrogen) atoms. The molecule has 0 radical (unpaired) electrons. The molecule has 0 aliphatic carbocycles. The number of nitrogens with one attached hydrogen (secondary N) is 1. The zero-order chi connectivity index (χ0) is 13.2. The van der Waals surface area contributed by atoms with Gasteiger partial charge in [-0.2, -0.15) is 13.5 Å². The summed E-state index contributed by atoms with van der Waals surface area (Å²) in [5.41, 5.74) is 0. The van der Waals surface area contributed by atoms with E-state index in [4.69, 9.17) is 0 Å². The van der Waals surface area contributed by atoms with Crippen LogP contribution in [0.15, 0.2) is 35.6 Å². The lowest BCUT2D eigenvalue weighted by atomic mass is 10.5. The van der Waals surface area contributed by atoms with Gasteiger partial charge in [0.2, 0.25) is 5.03 Å². The van der Waals surface area contributed by atoms with E-state index in [0.717, 1.165) is 6.07 Å². The van der Waals surface area contributed by atoms with Crippen LogP contribution in [0.3, 0.4) is 0 Å². The van der Waals surface area contributed by atoms with E-state index in [1.807, 2.05) is 6.92 Å². The van der Waals surface area contributed by atoms with Gasteiger partial charge < -0.3 is 0 Å². The first-order chi connectivity index (χ1) is 8.53. The summed E-state index contributed by atoms with van der Waals surface area (Å²) in [6.07, 6.45) is 2.83. The molecule has 0 saturated heterocycles. The number of hydrogen-bond acceptors (Lipinski definition) is 4. The highest BCUT2D eigenvalue weighted by molar-refractivity contribution is 7.92. The summed E-state index contributed by atoms with van der Waals surface area (Å²) in [6, 6.07) is 3.84. The Morgan fingerprint density at radius 1 is 1.44 bits per heavy atom. The fourth-order valence-corrected chi connectivity index (χ4v) is 2.35. The molecule has 0 atom stereocenters. The van der Waals surface area contributed by atoms with Crippen molar-refractivity contribution in [1.82, 2.24) is 14.8 Å². The zero-order valence-electron chi connectivity index (χ0n) is 9.54. The number of aromatic nitrogens is 3. The second-order valence-corrected chi connectivity index (χ2v) is 5.05. The van der Waals surface area contributed by atoms with Crippen LogP contribution in [0.4, 0.5) is 10.2 Å². The van der Waals surface area contributed by atoms with Crippen molar-refractivity contribution < 1.29 is 12.8 Å². The van der Waals surface area contributed by atoms with Crippen LogP contribution in [0.1, 0.15) is 6.92 Å². The third kappa shape index (κ3) is 2.48. The molecule has 0 aliphatic heterocycles. The Labute approximate surface area is 104 Å². The molecule has 0 saturated carbocycles. The van der Waals surface area contributed by atoms with Crippen LogP contribution in [0.25, 0.3) is 0 Å². The quantitative estimate of drug-likeness (QED) is 0.906. The Balaban J connectivity index is 2.30. The van der Waals surface area contributed by atoms with Crippen molar-refractivity contribution >= 4 is 15.8 Å². The van der Waals surface area contributed by atoms with Crippen molar-refractivity contribution in [3.8, 4) is 0 Å². The Morgan fingerprint density at radius 2 is 2.22 bits per heavy atom. The number of sulfonamides is 1. The average Bonchev–Trinajstić information content (AvgIpc) is 2.76. The van der Waals surface area contributed by atoms with Crippen molar-refractivity contribution in [1.29, 1.82) is 0 Å². The van der Waals surface area contributed by atoms with Crippen molar-refractivity contribution in [2.75, 3.05) is 4.72 Å². The van der Waals surface area contributed by atoms with Crippen molar-refractivity contribution in [2.45, 2.75) is 18.5 Å². The molecule has 0 spiro atoms. The molecule has 2 aromatic heterocycles. The lowest BCUT2D eigenvalue weighted by molar-refractivity contribution is 0.556. The first-order valence-electron chi connectivity index (χ1n) is 5.19. The SMILES string of the molecule is CCn1ccc(NS(=O)(=O)c2ncccc2F)n1. The summed E-state index contributed by atoms with van der Waals surface area (Å²) in [7, 11) is -4.05. The van der Waals surface area contributed by atoms with Crippen LogP contribution in [0.5, 0.6) is 0 Å². The minimum absolute atomic E-state index is 0.127. The third-order valence-electron chi connectivity index (χ3n) is 2.18. The predicted octanol–water partition coefficient (Wildman–Crippen LogP) is 1.24. The Kier molecular flexibility index (Phi) is 3.28. The monoisotopic (exact) mass is 270 g/mol. The standard InChI is InChI=1S/C10H11FN4O2S/c1-2-15-7-5-9(13-15)14-18(16,17)10-8(11)4-3-6-12-10/h3-7H,2H2,1H3,(H,13,14). The number of aryl methyl sites for hydroxylation is 1. The summed E-state index contributed by atoms with van der Waals surface area (Å²) >= 11 is 0. The molecule has 0 unspecified atom stereocenters. The van der Waals surface area contributed by atoms with Crippen LogP contribution in [-0.4, -0.2) is 23.2 Å². The zero-order valence-corrected chi connectivity index (χ0v) is 10.4. The van der Waals surface area contributed by atoms with E-state index in [2.05, 4.69) is 14.8 Å². The topological polar surface area (TPSA) is 76.9 Å². The van der Waals surface area contributed by atoms with Gasteiger partial charge in [-0.1, -0.05) is 0 Å². The Bertz CT molecular complexity index is 653. The van der Waals surface area contributed by atoms with Gasteiger partial charge >= 0.3 is 0 Å². The predicted molar refractivity (Wildman–Crippen MR) is 62.9 cm³/mol. The molecular formula is C10H11FN4O2S. The molecular weight excluding hydrogens is 259 g/mol. The van der Waals surface area contributed by atoms with E-state index < -0.39 is 20.9 Å². The molecule has 96 valence electrons. The lowest BCUT2D eigenvalue weighted by Crippen LogP contribution is -2.16. The van der Waals surface area contributed by atoms with E-state index in [-0.39, 0.29) is 5.82 Å².